The summed E-state index contributed by atoms with van der Waals surface area (Å²) in [5, 5.41) is 4.49. The van der Waals surface area contributed by atoms with E-state index >= 15 is 0 Å². The lowest BCUT2D eigenvalue weighted by Gasteiger charge is -2.08. The summed E-state index contributed by atoms with van der Waals surface area (Å²) in [7, 11) is 1.54. The molecule has 7 nitrogen and oxygen atoms in total. The van der Waals surface area contributed by atoms with E-state index < -0.39 is 18.0 Å². The van der Waals surface area contributed by atoms with Crippen LogP contribution in [0.1, 0.15) is 16.8 Å². The second-order valence-electron chi connectivity index (χ2n) is 6.39. The number of esters is 2. The number of ether oxygens (including phenoxy) is 3. The summed E-state index contributed by atoms with van der Waals surface area (Å²) in [5.74, 6) is -1.04. The number of hydrogen-bond donors (Lipinski definition) is 0. The van der Waals surface area contributed by atoms with Gasteiger partial charge in [-0.15, -0.1) is 0 Å². The lowest BCUT2D eigenvalue weighted by atomic mass is 10.1. The first-order valence-corrected chi connectivity index (χ1v) is 8.93. The third kappa shape index (κ3) is 3.82. The Morgan fingerprint density at radius 3 is 2.72 bits per heavy atom. The molecule has 0 N–H and O–H groups in total. The molecule has 3 aromatic rings. The summed E-state index contributed by atoms with van der Waals surface area (Å²) in [6.07, 6.45) is 0.866. The Morgan fingerprint density at radius 1 is 1.24 bits per heavy atom. The van der Waals surface area contributed by atoms with Gasteiger partial charge in [-0.1, -0.05) is 12.1 Å². The normalized spacial score (nSPS) is 15.8. The molecule has 0 spiro atoms. The molecule has 1 aliphatic rings. The van der Waals surface area contributed by atoms with Crippen molar-refractivity contribution in [2.75, 3.05) is 13.7 Å². The van der Waals surface area contributed by atoms with E-state index in [-0.39, 0.29) is 18.0 Å². The van der Waals surface area contributed by atoms with Gasteiger partial charge in [-0.25, -0.2) is 18.7 Å². The van der Waals surface area contributed by atoms with E-state index in [1.807, 2.05) is 0 Å². The third-order valence-electron chi connectivity index (χ3n) is 4.51. The number of benzene rings is 2. The molecule has 0 bridgehead atoms. The maximum atomic E-state index is 13.3. The third-order valence-corrected chi connectivity index (χ3v) is 4.51. The highest BCUT2D eigenvalue weighted by atomic mass is 19.1. The van der Waals surface area contributed by atoms with Gasteiger partial charge in [-0.05, 0) is 36.4 Å². The molecule has 0 unspecified atom stereocenters. The molecule has 1 aliphatic heterocycles. The average Bonchev–Trinajstić information content (AvgIpc) is 3.35. The minimum Gasteiger partial charge on any atom is -0.497 e. The smallest absolute Gasteiger partial charge is 0.347 e. The van der Waals surface area contributed by atoms with E-state index in [0.717, 1.165) is 0 Å². The summed E-state index contributed by atoms with van der Waals surface area (Å²) >= 11 is 0. The van der Waals surface area contributed by atoms with E-state index in [1.54, 1.807) is 36.4 Å². The Labute approximate surface area is 165 Å². The molecule has 1 saturated heterocycles. The number of halogens is 1. The van der Waals surface area contributed by atoms with Gasteiger partial charge in [0.05, 0.1) is 19.4 Å². The Balaban J connectivity index is 1.75. The Hall–Kier alpha value is -3.68. The van der Waals surface area contributed by atoms with E-state index in [4.69, 9.17) is 14.2 Å². The van der Waals surface area contributed by atoms with Crippen molar-refractivity contribution < 1.29 is 28.2 Å². The maximum Gasteiger partial charge on any atom is 0.347 e. The molecule has 0 amide bonds. The predicted octanol–water partition coefficient (Wildman–Crippen LogP) is 3.16. The Morgan fingerprint density at radius 2 is 2.03 bits per heavy atom. The van der Waals surface area contributed by atoms with Crippen LogP contribution in [-0.2, 0) is 14.3 Å². The SMILES string of the molecule is COc1cccc(-c2nn(-c3ccc(F)cc3)cc2C(=O)O[C@@H]2CCOC2=O)c1. The first-order valence-electron chi connectivity index (χ1n) is 8.93. The van der Waals surface area contributed by atoms with E-state index in [2.05, 4.69) is 5.10 Å². The Kier molecular flexibility index (Phi) is 4.99. The van der Waals surface area contributed by atoms with Crippen LogP contribution in [0, 0.1) is 5.82 Å². The average molecular weight is 396 g/mol. The second kappa shape index (κ2) is 7.75. The van der Waals surface area contributed by atoms with E-state index in [9.17, 15) is 14.0 Å². The highest BCUT2D eigenvalue weighted by molar-refractivity contribution is 5.97. The van der Waals surface area contributed by atoms with Crippen LogP contribution in [0.3, 0.4) is 0 Å². The van der Waals surface area contributed by atoms with Crippen molar-refractivity contribution in [2.24, 2.45) is 0 Å². The number of cyclic esters (lactones) is 1. The molecule has 2 heterocycles. The number of nitrogens with zero attached hydrogens (tertiary/aromatic N) is 2. The largest absolute Gasteiger partial charge is 0.497 e. The molecule has 29 heavy (non-hydrogen) atoms. The lowest BCUT2D eigenvalue weighted by molar-refractivity contribution is -0.145. The van der Waals surface area contributed by atoms with Gasteiger partial charge in [0.2, 0.25) is 6.10 Å². The zero-order valence-corrected chi connectivity index (χ0v) is 15.5. The van der Waals surface area contributed by atoms with Crippen LogP contribution in [-0.4, -0.2) is 41.5 Å². The van der Waals surface area contributed by atoms with Crippen LogP contribution in [0.4, 0.5) is 4.39 Å². The quantitative estimate of drug-likeness (QED) is 0.617. The van der Waals surface area contributed by atoms with Gasteiger partial charge in [-0.3, -0.25) is 0 Å². The van der Waals surface area contributed by atoms with Gasteiger partial charge in [0.1, 0.15) is 22.8 Å². The van der Waals surface area contributed by atoms with Gasteiger partial charge in [0, 0.05) is 18.2 Å². The number of carbonyl (C=O) groups is 2. The van der Waals surface area contributed by atoms with Crippen molar-refractivity contribution in [1.82, 2.24) is 9.78 Å². The van der Waals surface area contributed by atoms with Gasteiger partial charge in [-0.2, -0.15) is 5.10 Å². The van der Waals surface area contributed by atoms with Crippen LogP contribution in [0.5, 0.6) is 5.75 Å². The van der Waals surface area contributed by atoms with Crippen molar-refractivity contribution in [3.63, 3.8) is 0 Å². The summed E-state index contributed by atoms with van der Waals surface area (Å²) in [5.41, 5.74) is 1.72. The van der Waals surface area contributed by atoms with Gasteiger partial charge in [0.15, 0.2) is 0 Å². The molecule has 148 valence electrons. The number of rotatable bonds is 5. The summed E-state index contributed by atoms with van der Waals surface area (Å²) in [6, 6.07) is 12.7. The van der Waals surface area contributed by atoms with Gasteiger partial charge < -0.3 is 14.2 Å². The molecule has 8 heteroatoms. The molecule has 4 rings (SSSR count). The molecule has 0 saturated carbocycles. The highest BCUT2D eigenvalue weighted by Gasteiger charge is 2.32. The van der Waals surface area contributed by atoms with Gasteiger partial charge in [0.25, 0.3) is 0 Å². The summed E-state index contributed by atoms with van der Waals surface area (Å²) in [6.45, 7) is 0.217. The molecule has 2 aromatic carbocycles. The van der Waals surface area contributed by atoms with E-state index in [0.29, 0.717) is 29.1 Å². The molecule has 1 fully saturated rings. The molecular weight excluding hydrogens is 379 g/mol. The molecule has 0 aliphatic carbocycles. The number of carbonyl (C=O) groups excluding carboxylic acids is 2. The monoisotopic (exact) mass is 396 g/mol. The fourth-order valence-electron chi connectivity index (χ4n) is 3.01. The number of methoxy groups -OCH3 is 1. The van der Waals surface area contributed by atoms with Crippen molar-refractivity contribution in [1.29, 1.82) is 0 Å². The van der Waals surface area contributed by atoms with Crippen LogP contribution in [0.2, 0.25) is 0 Å². The van der Waals surface area contributed by atoms with Crippen molar-refractivity contribution in [3.05, 3.63) is 66.1 Å². The molecule has 1 aromatic heterocycles. The fourth-order valence-corrected chi connectivity index (χ4v) is 3.01. The van der Waals surface area contributed by atoms with Crippen LogP contribution >= 0.6 is 0 Å². The second-order valence-corrected chi connectivity index (χ2v) is 6.39. The minimum absolute atomic E-state index is 0.169. The minimum atomic E-state index is -0.935. The summed E-state index contributed by atoms with van der Waals surface area (Å²) in [4.78, 5) is 24.5. The van der Waals surface area contributed by atoms with Crippen LogP contribution in [0.15, 0.2) is 54.7 Å². The predicted molar refractivity (Wildman–Crippen MR) is 100 cm³/mol. The zero-order chi connectivity index (χ0) is 20.4. The standard InChI is InChI=1S/C21H17FN2O5/c1-27-16-4-2-3-13(11-16)19-17(20(25)29-18-9-10-28-21(18)26)12-24(23-19)15-7-5-14(22)6-8-15/h2-8,11-12,18H,9-10H2,1H3/t18-/m1/s1. The number of aromatic nitrogens is 2. The Bertz CT molecular complexity index is 1060. The van der Waals surface area contributed by atoms with Gasteiger partial charge >= 0.3 is 11.9 Å². The summed E-state index contributed by atoms with van der Waals surface area (Å²) < 4.78 is 30.2. The molecule has 0 radical (unpaired) electrons. The maximum absolute atomic E-state index is 13.3. The fraction of sp³-hybridized carbons (Fsp3) is 0.190. The lowest BCUT2D eigenvalue weighted by Crippen LogP contribution is -2.22. The first-order chi connectivity index (χ1) is 14.0. The topological polar surface area (TPSA) is 79.7 Å². The van der Waals surface area contributed by atoms with Crippen molar-refractivity contribution in [2.45, 2.75) is 12.5 Å². The highest BCUT2D eigenvalue weighted by Crippen LogP contribution is 2.28. The molecular formula is C21H17FN2O5. The number of hydrogen-bond acceptors (Lipinski definition) is 6. The first kappa shape index (κ1) is 18.7. The van der Waals surface area contributed by atoms with Crippen molar-refractivity contribution >= 4 is 11.9 Å². The van der Waals surface area contributed by atoms with Crippen LogP contribution < -0.4 is 4.74 Å². The van der Waals surface area contributed by atoms with Crippen LogP contribution in [0.25, 0.3) is 16.9 Å². The van der Waals surface area contributed by atoms with E-state index in [1.165, 1.54) is 30.1 Å². The molecule has 1 atom stereocenters. The van der Waals surface area contributed by atoms with Crippen molar-refractivity contribution in [3.8, 4) is 22.7 Å². The zero-order valence-electron chi connectivity index (χ0n) is 15.5.